The third kappa shape index (κ3) is 4.92. The van der Waals surface area contributed by atoms with Gasteiger partial charge in [0.15, 0.2) is 11.5 Å². The maximum absolute atomic E-state index is 12.4. The molecule has 3 rings (SSSR count). The summed E-state index contributed by atoms with van der Waals surface area (Å²) in [5, 5.41) is 13.2. The number of piperidine rings is 1. The minimum Gasteiger partial charge on any atom is -0.493 e. The molecule has 27 heavy (non-hydrogen) atoms. The molecule has 1 aromatic carbocycles. The lowest BCUT2D eigenvalue weighted by Gasteiger charge is -2.34. The van der Waals surface area contributed by atoms with E-state index in [9.17, 15) is 13.9 Å². The maximum Gasteiger partial charge on any atom is 0.387 e. The van der Waals surface area contributed by atoms with Gasteiger partial charge in [-0.25, -0.2) is 0 Å². The number of halogens is 2. The normalized spacial score (nSPS) is 18.0. The average Bonchev–Trinajstić information content (AvgIpc) is 3.12. The Bertz CT molecular complexity index is 739. The Labute approximate surface area is 155 Å². The molecule has 148 valence electrons. The van der Waals surface area contributed by atoms with Gasteiger partial charge >= 0.3 is 6.61 Å². The van der Waals surface area contributed by atoms with E-state index in [1.54, 1.807) is 6.07 Å². The highest BCUT2D eigenvalue weighted by atomic mass is 19.3. The van der Waals surface area contributed by atoms with Crippen molar-refractivity contribution < 1.29 is 27.9 Å². The standard InChI is InChI=1S/C18H23F2N3O4/c1-25-15-10-12(5-6-14(15)26-18(19)20)17-21-16(27-22-17)11-23-8-3-2-4-13(23)7-9-24/h5-6,10,13,18,24H,2-4,7-9,11H2,1H3. The predicted octanol–water partition coefficient (Wildman–Crippen LogP) is 3.08. The van der Waals surface area contributed by atoms with Crippen molar-refractivity contribution in [3.63, 3.8) is 0 Å². The molecule has 0 saturated carbocycles. The molecule has 1 unspecified atom stereocenters. The molecular weight excluding hydrogens is 360 g/mol. The van der Waals surface area contributed by atoms with Gasteiger partial charge in [0.1, 0.15) is 0 Å². The number of benzene rings is 1. The Balaban J connectivity index is 1.73. The number of aliphatic hydroxyl groups is 1. The smallest absolute Gasteiger partial charge is 0.387 e. The van der Waals surface area contributed by atoms with Gasteiger partial charge < -0.3 is 19.1 Å². The van der Waals surface area contributed by atoms with Gasteiger partial charge in [-0.15, -0.1) is 0 Å². The summed E-state index contributed by atoms with van der Waals surface area (Å²) in [6.07, 6.45) is 4.03. The molecule has 0 radical (unpaired) electrons. The lowest BCUT2D eigenvalue weighted by Crippen LogP contribution is -2.39. The molecule has 0 amide bonds. The minimum atomic E-state index is -2.93. The van der Waals surface area contributed by atoms with E-state index >= 15 is 0 Å². The SMILES string of the molecule is COc1cc(-c2noc(CN3CCCCC3CCO)n2)ccc1OC(F)F. The number of hydrogen-bond donors (Lipinski definition) is 1. The van der Waals surface area contributed by atoms with Gasteiger partial charge in [-0.3, -0.25) is 4.90 Å². The van der Waals surface area contributed by atoms with Crippen LogP contribution >= 0.6 is 0 Å². The Morgan fingerprint density at radius 1 is 1.33 bits per heavy atom. The predicted molar refractivity (Wildman–Crippen MR) is 92.7 cm³/mol. The van der Waals surface area contributed by atoms with Crippen molar-refractivity contribution >= 4 is 0 Å². The van der Waals surface area contributed by atoms with E-state index in [-0.39, 0.29) is 18.1 Å². The van der Waals surface area contributed by atoms with E-state index in [4.69, 9.17) is 9.26 Å². The number of rotatable bonds is 8. The molecule has 0 bridgehead atoms. The molecule has 1 fully saturated rings. The van der Waals surface area contributed by atoms with E-state index in [0.717, 1.165) is 32.2 Å². The van der Waals surface area contributed by atoms with Crippen molar-refractivity contribution in [2.45, 2.75) is 44.9 Å². The van der Waals surface area contributed by atoms with E-state index in [0.29, 0.717) is 29.9 Å². The van der Waals surface area contributed by atoms with E-state index in [2.05, 4.69) is 19.8 Å². The zero-order valence-electron chi connectivity index (χ0n) is 15.1. The lowest BCUT2D eigenvalue weighted by molar-refractivity contribution is -0.0512. The Morgan fingerprint density at radius 2 is 2.19 bits per heavy atom. The molecule has 7 nitrogen and oxygen atoms in total. The molecule has 1 aliphatic rings. The van der Waals surface area contributed by atoms with Crippen LogP contribution in [0.3, 0.4) is 0 Å². The first-order valence-electron chi connectivity index (χ1n) is 8.91. The monoisotopic (exact) mass is 383 g/mol. The number of aliphatic hydroxyl groups excluding tert-OH is 1. The van der Waals surface area contributed by atoms with Crippen LogP contribution in [0.2, 0.25) is 0 Å². The molecule has 0 aliphatic carbocycles. The average molecular weight is 383 g/mol. The molecule has 1 N–H and O–H groups in total. The second-order valence-corrected chi connectivity index (χ2v) is 6.39. The molecule has 1 aromatic heterocycles. The fourth-order valence-electron chi connectivity index (χ4n) is 3.35. The molecule has 1 atom stereocenters. The number of nitrogens with zero attached hydrogens (tertiary/aromatic N) is 3. The summed E-state index contributed by atoms with van der Waals surface area (Å²) in [6.45, 7) is -1.33. The van der Waals surface area contributed by atoms with Crippen molar-refractivity contribution in [3.05, 3.63) is 24.1 Å². The van der Waals surface area contributed by atoms with Crippen molar-refractivity contribution in [2.75, 3.05) is 20.3 Å². The van der Waals surface area contributed by atoms with Crippen LogP contribution in [0.4, 0.5) is 8.78 Å². The van der Waals surface area contributed by atoms with Crippen LogP contribution in [0.1, 0.15) is 31.6 Å². The molecule has 2 heterocycles. The van der Waals surface area contributed by atoms with Gasteiger partial charge in [-0.1, -0.05) is 11.6 Å². The number of methoxy groups -OCH3 is 1. The van der Waals surface area contributed by atoms with E-state index < -0.39 is 6.61 Å². The Hall–Kier alpha value is -2.26. The Morgan fingerprint density at radius 3 is 2.93 bits per heavy atom. The zero-order valence-corrected chi connectivity index (χ0v) is 15.1. The molecule has 0 spiro atoms. The summed E-state index contributed by atoms with van der Waals surface area (Å²) < 4.78 is 39.7. The minimum absolute atomic E-state index is 0.0554. The van der Waals surface area contributed by atoms with Gasteiger partial charge in [0, 0.05) is 18.2 Å². The number of ether oxygens (including phenoxy) is 2. The highest BCUT2D eigenvalue weighted by Crippen LogP contribution is 2.32. The maximum atomic E-state index is 12.4. The molecule has 2 aromatic rings. The quantitative estimate of drug-likeness (QED) is 0.750. The number of likely N-dealkylation sites (tertiary alicyclic amines) is 1. The third-order valence-corrected chi connectivity index (χ3v) is 4.66. The van der Waals surface area contributed by atoms with Gasteiger partial charge in [-0.2, -0.15) is 13.8 Å². The number of hydrogen-bond acceptors (Lipinski definition) is 7. The summed E-state index contributed by atoms with van der Waals surface area (Å²) in [5.74, 6) is 0.933. The van der Waals surface area contributed by atoms with Crippen molar-refractivity contribution in [1.82, 2.24) is 15.0 Å². The second-order valence-electron chi connectivity index (χ2n) is 6.39. The molecule has 1 aliphatic heterocycles. The first kappa shape index (κ1) is 19.5. The fraction of sp³-hybridized carbons (Fsp3) is 0.556. The lowest BCUT2D eigenvalue weighted by atomic mass is 10.00. The van der Waals surface area contributed by atoms with Crippen LogP contribution in [-0.4, -0.2) is 53.1 Å². The summed E-state index contributed by atoms with van der Waals surface area (Å²) in [4.78, 5) is 6.66. The fourth-order valence-corrected chi connectivity index (χ4v) is 3.35. The third-order valence-electron chi connectivity index (χ3n) is 4.66. The van der Waals surface area contributed by atoms with Crippen LogP contribution in [-0.2, 0) is 6.54 Å². The second kappa shape index (κ2) is 9.09. The summed E-state index contributed by atoms with van der Waals surface area (Å²) in [7, 11) is 1.37. The van der Waals surface area contributed by atoms with Crippen molar-refractivity contribution in [2.24, 2.45) is 0 Å². The number of alkyl halides is 2. The topological polar surface area (TPSA) is 80.9 Å². The molecular formula is C18H23F2N3O4. The summed E-state index contributed by atoms with van der Waals surface area (Å²) in [6, 6.07) is 4.80. The van der Waals surface area contributed by atoms with E-state index in [1.807, 2.05) is 0 Å². The van der Waals surface area contributed by atoms with Crippen LogP contribution in [0, 0.1) is 0 Å². The van der Waals surface area contributed by atoms with E-state index in [1.165, 1.54) is 19.2 Å². The van der Waals surface area contributed by atoms with Crippen molar-refractivity contribution in [1.29, 1.82) is 0 Å². The highest BCUT2D eigenvalue weighted by molar-refractivity contribution is 5.60. The van der Waals surface area contributed by atoms with Gasteiger partial charge in [-0.05, 0) is 44.0 Å². The first-order valence-corrected chi connectivity index (χ1v) is 8.91. The van der Waals surface area contributed by atoms with Crippen molar-refractivity contribution in [3.8, 4) is 22.9 Å². The molecule has 1 saturated heterocycles. The van der Waals surface area contributed by atoms with Gasteiger partial charge in [0.05, 0.1) is 13.7 Å². The van der Waals surface area contributed by atoms with Crippen LogP contribution in [0.15, 0.2) is 22.7 Å². The van der Waals surface area contributed by atoms with Gasteiger partial charge in [0.2, 0.25) is 11.7 Å². The van der Waals surface area contributed by atoms with Crippen LogP contribution < -0.4 is 9.47 Å². The summed E-state index contributed by atoms with van der Waals surface area (Å²) >= 11 is 0. The Kier molecular flexibility index (Phi) is 6.57. The zero-order chi connectivity index (χ0) is 19.2. The highest BCUT2D eigenvalue weighted by Gasteiger charge is 2.24. The van der Waals surface area contributed by atoms with Crippen LogP contribution in [0.25, 0.3) is 11.4 Å². The largest absolute Gasteiger partial charge is 0.493 e. The first-order chi connectivity index (χ1) is 13.1. The number of aromatic nitrogens is 2. The molecule has 9 heteroatoms. The van der Waals surface area contributed by atoms with Gasteiger partial charge in [0.25, 0.3) is 0 Å². The van der Waals surface area contributed by atoms with Crippen LogP contribution in [0.5, 0.6) is 11.5 Å². The summed E-state index contributed by atoms with van der Waals surface area (Å²) in [5.41, 5.74) is 0.578.